The smallest absolute Gasteiger partial charge is 0.316 e. The number of urea groups is 3. The Labute approximate surface area is 606 Å². The van der Waals surface area contributed by atoms with Crippen LogP contribution >= 0.6 is 69.6 Å². The zero-order valence-corrected chi connectivity index (χ0v) is 61.6. The molecule has 12 rings (SSSR count). The van der Waals surface area contributed by atoms with Crippen LogP contribution in [0.3, 0.4) is 0 Å². The molecule has 98 heavy (non-hydrogen) atoms. The maximum Gasteiger partial charge on any atom is 0.316 e. The number of halogens is 6. The third kappa shape index (κ3) is 16.0. The van der Waals surface area contributed by atoms with Crippen LogP contribution in [0.1, 0.15) is 178 Å². The number of aryl methyl sites for hydroxylation is 3. The highest BCUT2D eigenvalue weighted by Gasteiger charge is 2.62. The predicted molar refractivity (Wildman–Crippen MR) is 394 cm³/mol. The van der Waals surface area contributed by atoms with Crippen LogP contribution in [0.4, 0.5) is 14.4 Å². The van der Waals surface area contributed by atoms with Gasteiger partial charge in [-0.1, -0.05) is 156 Å². The number of unbranched alkanes of at least 4 members (excludes halogenated alkanes) is 1. The molecule has 0 radical (unpaired) electrons. The second-order valence-corrected chi connectivity index (χ2v) is 31.5. The SMILES string of the molecule is CCCCNC(=O)N[C@@]12CC[C@@H](c3ccc(C)cc3Cl)[C@H](c3ccc(Cl)cc3)[C@@H]1CNC2=O.Cc1ccc([C@@H]2CC[C@@]3(NC(=O)NC(C)(C)C)C(=O)NC[C@H]3[C@H]2c2ccc(Cl)cc2)c(Cl)c1.Cc1ccc([C@@H]2CC[C@@]3(NC(=O)NC(C)C)C(=O)NC[C@H]3[C@H]2c2ccc(Cl)cc2)c(Cl)c1. The number of carbonyl (C=O) groups excluding carboxylic acids is 6. The average molecular weight is 1450 g/mol. The highest BCUT2D eigenvalue weighted by Crippen LogP contribution is 2.57. The van der Waals surface area contributed by atoms with E-state index >= 15 is 0 Å². The predicted octanol–water partition coefficient (Wildman–Crippen LogP) is 16.2. The van der Waals surface area contributed by atoms with Crippen LogP contribution in [0.25, 0.3) is 0 Å². The molecule has 3 aliphatic carbocycles. The van der Waals surface area contributed by atoms with Crippen molar-refractivity contribution in [1.29, 1.82) is 0 Å². The minimum atomic E-state index is -0.979. The van der Waals surface area contributed by atoms with Crippen molar-refractivity contribution in [3.63, 3.8) is 0 Å². The molecule has 3 saturated carbocycles. The zero-order chi connectivity index (χ0) is 70.6. The second-order valence-electron chi connectivity index (χ2n) is 28.9. The molecule has 0 bridgehead atoms. The first-order chi connectivity index (χ1) is 46.6. The summed E-state index contributed by atoms with van der Waals surface area (Å²) in [6.07, 6.45) is 5.72. The van der Waals surface area contributed by atoms with Gasteiger partial charge in [0.25, 0.3) is 0 Å². The van der Waals surface area contributed by atoms with E-state index in [9.17, 15) is 28.8 Å². The fraction of sp³-hybridized carbons (Fsp3) is 0.455. The van der Waals surface area contributed by atoms with Gasteiger partial charge < -0.3 is 47.9 Å². The molecule has 0 aromatic heterocycles. The number of hydrogen-bond acceptors (Lipinski definition) is 6. The van der Waals surface area contributed by atoms with Gasteiger partial charge in [-0.15, -0.1) is 0 Å². The van der Waals surface area contributed by atoms with Gasteiger partial charge >= 0.3 is 18.1 Å². The lowest BCUT2D eigenvalue weighted by molar-refractivity contribution is -0.127. The van der Waals surface area contributed by atoms with Crippen LogP contribution in [0.2, 0.25) is 30.1 Å². The monoisotopic (exact) mass is 1450 g/mol. The summed E-state index contributed by atoms with van der Waals surface area (Å²) < 4.78 is 0. The largest absolute Gasteiger partial charge is 0.354 e. The highest BCUT2D eigenvalue weighted by atomic mass is 35.5. The Hall–Kier alpha value is -6.72. The molecule has 522 valence electrons. The van der Waals surface area contributed by atoms with Gasteiger partial charge in [-0.25, -0.2) is 14.4 Å². The molecule has 6 fully saturated rings. The highest BCUT2D eigenvalue weighted by molar-refractivity contribution is 6.32. The van der Waals surface area contributed by atoms with E-state index < -0.39 is 22.2 Å². The topological polar surface area (TPSA) is 211 Å². The summed E-state index contributed by atoms with van der Waals surface area (Å²) in [7, 11) is 0. The number of amides is 9. The van der Waals surface area contributed by atoms with Crippen LogP contribution in [0.15, 0.2) is 127 Å². The maximum absolute atomic E-state index is 13.2. The molecule has 6 aliphatic rings. The summed E-state index contributed by atoms with van der Waals surface area (Å²) in [5, 5.41) is 31.3. The van der Waals surface area contributed by atoms with E-state index in [1.165, 1.54) is 0 Å². The molecule has 21 heteroatoms. The molecule has 6 aromatic carbocycles. The minimum Gasteiger partial charge on any atom is -0.354 e. The zero-order valence-electron chi connectivity index (χ0n) is 57.1. The van der Waals surface area contributed by atoms with Crippen molar-refractivity contribution in [1.82, 2.24) is 47.9 Å². The van der Waals surface area contributed by atoms with Gasteiger partial charge in [0.2, 0.25) is 17.7 Å². The summed E-state index contributed by atoms with van der Waals surface area (Å²) in [6, 6.07) is 41.0. The summed E-state index contributed by atoms with van der Waals surface area (Å²) in [5.74, 6) is -0.408. The van der Waals surface area contributed by atoms with Crippen molar-refractivity contribution < 1.29 is 28.8 Å². The van der Waals surface area contributed by atoms with E-state index in [0.717, 1.165) is 97.2 Å². The van der Waals surface area contributed by atoms with Crippen LogP contribution in [-0.4, -0.2) is 90.2 Å². The van der Waals surface area contributed by atoms with Crippen molar-refractivity contribution in [2.75, 3.05) is 26.2 Å². The summed E-state index contributed by atoms with van der Waals surface area (Å²) in [4.78, 5) is 77.9. The molecule has 6 aromatic rings. The van der Waals surface area contributed by atoms with Crippen molar-refractivity contribution in [2.45, 2.75) is 177 Å². The number of rotatable bonds is 13. The van der Waals surface area contributed by atoms with Gasteiger partial charge in [0.05, 0.1) is 0 Å². The van der Waals surface area contributed by atoms with Gasteiger partial charge in [0.1, 0.15) is 16.6 Å². The molecule has 9 amide bonds. The van der Waals surface area contributed by atoms with Crippen LogP contribution in [0.5, 0.6) is 0 Å². The Balaban J connectivity index is 0.000000159. The van der Waals surface area contributed by atoms with E-state index in [1.54, 1.807) is 0 Å². The molecule has 3 saturated heterocycles. The van der Waals surface area contributed by atoms with E-state index in [-0.39, 0.29) is 95.1 Å². The maximum atomic E-state index is 13.2. The van der Waals surface area contributed by atoms with E-state index in [4.69, 9.17) is 69.6 Å². The van der Waals surface area contributed by atoms with Crippen LogP contribution in [0, 0.1) is 38.5 Å². The van der Waals surface area contributed by atoms with E-state index in [2.05, 4.69) is 91.2 Å². The Kier molecular flexibility index (Phi) is 23.4. The third-order valence-corrected chi connectivity index (χ3v) is 22.6. The number of fused-ring (bicyclic) bond motifs is 3. The van der Waals surface area contributed by atoms with Crippen LogP contribution < -0.4 is 47.9 Å². The number of nitrogens with one attached hydrogen (secondary N) is 9. The fourth-order valence-corrected chi connectivity index (χ4v) is 18.0. The molecule has 3 heterocycles. The molecular weight excluding hydrogens is 1360 g/mol. The minimum absolute atomic E-state index is 0.00823. The summed E-state index contributed by atoms with van der Waals surface area (Å²) >= 11 is 38.7. The van der Waals surface area contributed by atoms with Crippen molar-refractivity contribution in [3.05, 3.63) is 208 Å². The van der Waals surface area contributed by atoms with Gasteiger partial charge in [0, 0.05) is 85.6 Å². The van der Waals surface area contributed by atoms with E-state index in [1.807, 2.05) is 146 Å². The third-order valence-electron chi connectivity index (χ3n) is 20.9. The first-order valence-electron chi connectivity index (χ1n) is 34.2. The summed E-state index contributed by atoms with van der Waals surface area (Å²) in [6.45, 7) is 19.8. The van der Waals surface area contributed by atoms with Gasteiger partial charge in [-0.2, -0.15) is 0 Å². The standard InChI is InChI=1S/2C26H31Cl2N3O2.C25H29Cl2N3O2/c1-15-5-10-18(21(28)13-15)19-11-12-26(31-24(33)30-25(2,3)4)20(14-29-23(26)32)22(19)16-6-8-17(27)9-7-16;1-3-4-13-29-25(33)31-26-12-11-20(19-10-5-16(2)14-22(19)28)23(21(26)15-30-24(26)32)17-6-8-18(27)9-7-17;1-14(2)29-24(32)30-25-11-10-19(18-9-4-15(3)12-21(18)27)22(20(25)13-28-23(25)31)16-5-7-17(26)8-6-16/h5-10,13,19-20,22H,11-12,14H2,1-4H3,(H,29,32)(H2,30,31,33);5-10,14,20-21,23H,3-4,11-13,15H2,1-2H3,(H,30,32)(H2,29,31,33);4-9,12,14,19-20,22H,10-11,13H2,1-3H3,(H,28,31)(H2,29,30,32)/t19-,20-,22-,26-;20-,21-,23-,26-;19-,20-,22-,25-/m000/s1. The van der Waals surface area contributed by atoms with E-state index in [0.29, 0.717) is 60.5 Å². The normalized spacial score (nSPS) is 26.8. The fourth-order valence-electron chi connectivity index (χ4n) is 16.5. The molecule has 9 N–H and O–H groups in total. The molecular formula is C77H91Cl6N9O6. The van der Waals surface area contributed by atoms with Crippen molar-refractivity contribution in [3.8, 4) is 0 Å². The molecule has 0 spiro atoms. The first kappa shape index (κ1) is 74.0. The molecule has 12 atom stereocenters. The lowest BCUT2D eigenvalue weighted by atomic mass is 9.60. The Morgan fingerprint density at radius 3 is 1.09 bits per heavy atom. The van der Waals surface area contributed by atoms with Gasteiger partial charge in [-0.05, 0) is 241 Å². The summed E-state index contributed by atoms with van der Waals surface area (Å²) in [5.41, 5.74) is 6.55. The van der Waals surface area contributed by atoms with Crippen molar-refractivity contribution in [2.24, 2.45) is 17.8 Å². The van der Waals surface area contributed by atoms with Gasteiger partial charge in [-0.3, -0.25) is 14.4 Å². The quantitative estimate of drug-likeness (QED) is 0.0513. The number of carbonyl (C=O) groups is 6. The number of hydrogen-bond donors (Lipinski definition) is 9. The second kappa shape index (κ2) is 31.0. The molecule has 0 unspecified atom stereocenters. The molecule has 3 aliphatic heterocycles. The molecule has 15 nitrogen and oxygen atoms in total. The van der Waals surface area contributed by atoms with Crippen molar-refractivity contribution >= 4 is 105 Å². The Bertz CT molecular complexity index is 3910. The lowest BCUT2D eigenvalue weighted by Gasteiger charge is -2.47. The van der Waals surface area contributed by atoms with Crippen LogP contribution in [-0.2, 0) is 14.4 Å². The van der Waals surface area contributed by atoms with Gasteiger partial charge in [0.15, 0.2) is 0 Å². The first-order valence-corrected chi connectivity index (χ1v) is 36.5. The Morgan fingerprint density at radius 2 is 0.796 bits per heavy atom. The average Bonchev–Trinajstić information content (AvgIpc) is 1.50. The Morgan fingerprint density at radius 1 is 0.480 bits per heavy atom. The lowest BCUT2D eigenvalue weighted by Crippen LogP contribution is -2.64. The number of benzene rings is 6.